The van der Waals surface area contributed by atoms with Crippen LogP contribution in [0.5, 0.6) is 0 Å². The molecular weight excluding hydrogens is 204 g/mol. The van der Waals surface area contributed by atoms with E-state index in [2.05, 4.69) is 17.5 Å². The van der Waals surface area contributed by atoms with Gasteiger partial charge in [0.1, 0.15) is 0 Å². The number of rotatable bonds is 3. The van der Waals surface area contributed by atoms with Crippen LogP contribution in [0, 0.1) is 5.92 Å². The van der Waals surface area contributed by atoms with Gasteiger partial charge < -0.3 is 0 Å². The van der Waals surface area contributed by atoms with E-state index >= 15 is 0 Å². The highest BCUT2D eigenvalue weighted by atomic mass is 32.2. The van der Waals surface area contributed by atoms with E-state index in [1.54, 1.807) is 0 Å². The molecule has 0 bridgehead atoms. The Morgan fingerprint density at radius 2 is 2.62 bits per heavy atom. The van der Waals surface area contributed by atoms with Crippen molar-refractivity contribution in [2.24, 2.45) is 11.0 Å². The van der Waals surface area contributed by atoms with Gasteiger partial charge >= 0.3 is 0 Å². The highest BCUT2D eigenvalue weighted by Crippen LogP contribution is 2.20. The van der Waals surface area contributed by atoms with Crippen molar-refractivity contribution in [1.82, 2.24) is 5.43 Å². The second kappa shape index (κ2) is 5.54. The summed E-state index contributed by atoms with van der Waals surface area (Å²) in [6, 6.07) is 0. The molecule has 0 aromatic rings. The first-order chi connectivity index (χ1) is 6.24. The van der Waals surface area contributed by atoms with Crippen LogP contribution in [0.25, 0.3) is 0 Å². The Labute approximate surface area is 87.1 Å². The fraction of sp³-hybridized carbons (Fsp3) is 0.750. The molecule has 1 unspecified atom stereocenters. The maximum absolute atomic E-state index is 11.1. The van der Waals surface area contributed by atoms with Crippen molar-refractivity contribution in [3.05, 3.63) is 0 Å². The highest BCUT2D eigenvalue weighted by Gasteiger charge is 2.18. The summed E-state index contributed by atoms with van der Waals surface area (Å²) in [5, 5.41) is 4.11. The summed E-state index contributed by atoms with van der Waals surface area (Å²) in [6.45, 7) is 2.14. The first-order valence-corrected chi connectivity index (χ1v) is 6.71. The van der Waals surface area contributed by atoms with Crippen LogP contribution in [0.15, 0.2) is 5.10 Å². The number of thioether (sulfide) groups is 2. The Morgan fingerprint density at radius 3 is 3.15 bits per heavy atom. The largest absolute Gasteiger partial charge is 0.272 e. The summed E-state index contributed by atoms with van der Waals surface area (Å²) in [6.07, 6.45) is 1.90. The van der Waals surface area contributed by atoms with Crippen molar-refractivity contribution in [1.29, 1.82) is 0 Å². The standard InChI is InChI=1S/C8H14N2OS2/c1-6-3-13-4-7(6)9-10-8(11)5-12-2/h6H,3-5H2,1-2H3,(H,10,11)/b9-7-. The molecule has 1 aliphatic heterocycles. The van der Waals surface area contributed by atoms with E-state index in [1.807, 2.05) is 18.0 Å². The third-order valence-corrected chi connectivity index (χ3v) is 3.57. The number of carbonyl (C=O) groups is 1. The molecule has 0 spiro atoms. The van der Waals surface area contributed by atoms with Crippen molar-refractivity contribution >= 4 is 35.1 Å². The van der Waals surface area contributed by atoms with E-state index in [1.165, 1.54) is 11.8 Å². The summed E-state index contributed by atoms with van der Waals surface area (Å²) in [4.78, 5) is 11.1. The second-order valence-corrected chi connectivity index (χ2v) is 4.88. The third kappa shape index (κ3) is 3.60. The average Bonchev–Trinajstić information content (AvgIpc) is 2.48. The molecule has 1 aliphatic rings. The Bertz CT molecular complexity index is 218. The predicted molar refractivity (Wildman–Crippen MR) is 60.4 cm³/mol. The lowest BCUT2D eigenvalue weighted by atomic mass is 10.1. The lowest BCUT2D eigenvalue weighted by Gasteiger charge is -2.02. The van der Waals surface area contributed by atoms with Gasteiger partial charge in [-0.15, -0.1) is 0 Å². The van der Waals surface area contributed by atoms with Gasteiger partial charge in [-0.3, -0.25) is 4.79 Å². The molecule has 1 saturated heterocycles. The second-order valence-electron chi connectivity index (χ2n) is 2.99. The number of carbonyl (C=O) groups excluding carboxylic acids is 1. The molecule has 1 amide bonds. The molecule has 1 heterocycles. The van der Waals surface area contributed by atoms with Gasteiger partial charge in [0.05, 0.1) is 11.5 Å². The van der Waals surface area contributed by atoms with Crippen molar-refractivity contribution in [3.8, 4) is 0 Å². The number of amides is 1. The van der Waals surface area contributed by atoms with Crippen molar-refractivity contribution in [2.45, 2.75) is 6.92 Å². The zero-order chi connectivity index (χ0) is 9.68. The van der Waals surface area contributed by atoms with Crippen molar-refractivity contribution in [2.75, 3.05) is 23.5 Å². The van der Waals surface area contributed by atoms with Crippen LogP contribution < -0.4 is 5.43 Å². The van der Waals surface area contributed by atoms with Crippen LogP contribution in [0.3, 0.4) is 0 Å². The molecule has 13 heavy (non-hydrogen) atoms. The van der Waals surface area contributed by atoms with Gasteiger partial charge in [0.2, 0.25) is 5.91 Å². The van der Waals surface area contributed by atoms with Gasteiger partial charge in [0.25, 0.3) is 0 Å². The lowest BCUT2D eigenvalue weighted by Crippen LogP contribution is -2.23. The van der Waals surface area contributed by atoms with Crippen LogP contribution in [-0.2, 0) is 4.79 Å². The molecule has 1 rings (SSSR count). The minimum atomic E-state index is -0.0101. The summed E-state index contributed by atoms with van der Waals surface area (Å²) in [5.41, 5.74) is 3.68. The van der Waals surface area contributed by atoms with Crippen LogP contribution in [0.2, 0.25) is 0 Å². The van der Waals surface area contributed by atoms with E-state index < -0.39 is 0 Å². The molecule has 0 aromatic heterocycles. The normalized spacial score (nSPS) is 25.1. The minimum absolute atomic E-state index is 0.0101. The van der Waals surface area contributed by atoms with E-state index in [0.29, 0.717) is 11.7 Å². The number of hydrogen-bond donors (Lipinski definition) is 1. The van der Waals surface area contributed by atoms with Crippen LogP contribution in [-0.4, -0.2) is 35.1 Å². The predicted octanol–water partition coefficient (Wildman–Crippen LogP) is 1.20. The molecule has 0 aliphatic carbocycles. The maximum atomic E-state index is 11.1. The quantitative estimate of drug-likeness (QED) is 0.724. The van der Waals surface area contributed by atoms with E-state index in [-0.39, 0.29) is 5.91 Å². The average molecular weight is 218 g/mol. The fourth-order valence-electron chi connectivity index (χ4n) is 1.02. The molecule has 5 heteroatoms. The molecule has 0 radical (unpaired) electrons. The molecule has 1 N–H and O–H groups in total. The first kappa shape index (κ1) is 10.9. The SMILES string of the molecule is CSCC(=O)N/N=C1/CSCC1C. The topological polar surface area (TPSA) is 41.5 Å². The molecule has 74 valence electrons. The van der Waals surface area contributed by atoms with Crippen LogP contribution in [0.1, 0.15) is 6.92 Å². The zero-order valence-corrected chi connectivity index (χ0v) is 9.50. The minimum Gasteiger partial charge on any atom is -0.272 e. The molecular formula is C8H14N2OS2. The molecule has 0 saturated carbocycles. The number of nitrogens with zero attached hydrogens (tertiary/aromatic N) is 1. The molecule has 3 nitrogen and oxygen atoms in total. The van der Waals surface area contributed by atoms with E-state index in [9.17, 15) is 4.79 Å². The highest BCUT2D eigenvalue weighted by molar-refractivity contribution is 8.00. The number of nitrogens with one attached hydrogen (secondary N) is 1. The summed E-state index contributed by atoms with van der Waals surface area (Å²) in [5.74, 6) is 3.07. The van der Waals surface area contributed by atoms with Gasteiger partial charge in [0.15, 0.2) is 0 Å². The summed E-state index contributed by atoms with van der Waals surface area (Å²) < 4.78 is 0. The Kier molecular flexibility index (Phi) is 4.66. The Hall–Kier alpha value is -0.160. The third-order valence-electron chi connectivity index (χ3n) is 1.79. The number of hydrazone groups is 1. The van der Waals surface area contributed by atoms with Crippen molar-refractivity contribution < 1.29 is 4.79 Å². The van der Waals surface area contributed by atoms with Crippen LogP contribution >= 0.6 is 23.5 Å². The van der Waals surface area contributed by atoms with E-state index in [0.717, 1.165) is 17.2 Å². The van der Waals surface area contributed by atoms with Crippen molar-refractivity contribution in [3.63, 3.8) is 0 Å². The van der Waals surface area contributed by atoms with Gasteiger partial charge in [-0.25, -0.2) is 5.43 Å². The lowest BCUT2D eigenvalue weighted by molar-refractivity contribution is -0.118. The molecule has 1 atom stereocenters. The van der Waals surface area contributed by atoms with Gasteiger partial charge in [0, 0.05) is 17.4 Å². The first-order valence-electron chi connectivity index (χ1n) is 4.16. The smallest absolute Gasteiger partial charge is 0.250 e. The molecule has 1 fully saturated rings. The molecule has 0 aromatic carbocycles. The van der Waals surface area contributed by atoms with Gasteiger partial charge in [-0.05, 0) is 6.26 Å². The Balaban J connectivity index is 2.34. The summed E-state index contributed by atoms with van der Waals surface area (Å²) >= 11 is 3.37. The van der Waals surface area contributed by atoms with Gasteiger partial charge in [-0.1, -0.05) is 6.92 Å². The van der Waals surface area contributed by atoms with E-state index in [4.69, 9.17) is 0 Å². The zero-order valence-electron chi connectivity index (χ0n) is 7.87. The Morgan fingerprint density at radius 1 is 1.85 bits per heavy atom. The van der Waals surface area contributed by atoms with Gasteiger partial charge in [-0.2, -0.15) is 28.6 Å². The summed E-state index contributed by atoms with van der Waals surface area (Å²) in [7, 11) is 0. The maximum Gasteiger partial charge on any atom is 0.250 e. The fourth-order valence-corrected chi connectivity index (χ4v) is 2.57. The van der Waals surface area contributed by atoms with Crippen LogP contribution in [0.4, 0.5) is 0 Å². The number of hydrogen-bond acceptors (Lipinski definition) is 4. The monoisotopic (exact) mass is 218 g/mol.